The molecular weight excluding hydrogens is 358 g/mol. The number of halogens is 2. The molecule has 0 aliphatic rings. The number of rotatable bonds is 5. The lowest BCUT2D eigenvalue weighted by Crippen LogP contribution is -2.05. The Balaban J connectivity index is 1.79. The van der Waals surface area contributed by atoms with Crippen molar-refractivity contribution in [3.63, 3.8) is 0 Å². The van der Waals surface area contributed by atoms with Crippen molar-refractivity contribution in [3.05, 3.63) is 75.3 Å². The molecule has 3 aromatic rings. The van der Waals surface area contributed by atoms with Crippen LogP contribution >= 0.6 is 12.2 Å². The van der Waals surface area contributed by atoms with Crippen LogP contribution in [0.2, 0.25) is 0 Å². The molecule has 0 saturated heterocycles. The molecule has 0 radical (unpaired) electrons. The topological polar surface area (TPSA) is 55.2 Å². The molecular formula is C18H16F2N4OS. The van der Waals surface area contributed by atoms with Gasteiger partial charge >= 0.3 is 0 Å². The Bertz CT molecular complexity index is 1030. The van der Waals surface area contributed by atoms with Crippen molar-refractivity contribution < 1.29 is 13.5 Å². The van der Waals surface area contributed by atoms with Gasteiger partial charge in [0.25, 0.3) is 0 Å². The summed E-state index contributed by atoms with van der Waals surface area (Å²) in [5, 5.41) is 10.9. The summed E-state index contributed by atoms with van der Waals surface area (Å²) in [6.07, 6.45) is 1.37. The molecule has 26 heavy (non-hydrogen) atoms. The molecule has 1 aromatic heterocycles. The second-order valence-electron chi connectivity index (χ2n) is 5.73. The summed E-state index contributed by atoms with van der Waals surface area (Å²) in [4.78, 5) is 0. The predicted molar refractivity (Wildman–Crippen MR) is 97.0 cm³/mol. The van der Waals surface area contributed by atoms with Crippen LogP contribution in [0.25, 0.3) is 0 Å². The Morgan fingerprint density at radius 1 is 1.19 bits per heavy atom. The summed E-state index contributed by atoms with van der Waals surface area (Å²) in [6, 6.07) is 9.37. The Morgan fingerprint density at radius 2 is 2.00 bits per heavy atom. The molecule has 0 aliphatic carbocycles. The molecule has 3 rings (SSSR count). The van der Waals surface area contributed by atoms with Gasteiger partial charge in [-0.15, -0.1) is 0 Å². The van der Waals surface area contributed by atoms with E-state index in [2.05, 4.69) is 15.3 Å². The van der Waals surface area contributed by atoms with E-state index >= 15 is 0 Å². The minimum atomic E-state index is -0.942. The van der Waals surface area contributed by atoms with Gasteiger partial charge in [0.05, 0.1) is 6.21 Å². The number of aromatic amines is 1. The van der Waals surface area contributed by atoms with E-state index in [9.17, 15) is 8.78 Å². The second-order valence-corrected chi connectivity index (χ2v) is 6.12. The number of H-pyrrole nitrogens is 1. The fourth-order valence-electron chi connectivity index (χ4n) is 2.36. The Morgan fingerprint density at radius 3 is 2.73 bits per heavy atom. The third kappa shape index (κ3) is 4.02. The van der Waals surface area contributed by atoms with Crippen molar-refractivity contribution in [1.29, 1.82) is 0 Å². The quantitative estimate of drug-likeness (QED) is 0.535. The van der Waals surface area contributed by atoms with Gasteiger partial charge < -0.3 is 4.74 Å². The molecule has 0 amide bonds. The minimum Gasteiger partial charge on any atom is -0.485 e. The van der Waals surface area contributed by atoms with E-state index in [-0.39, 0.29) is 11.4 Å². The van der Waals surface area contributed by atoms with Gasteiger partial charge in [-0.1, -0.05) is 23.8 Å². The highest BCUT2D eigenvalue weighted by molar-refractivity contribution is 7.71. The number of aryl methyl sites for hydroxylation is 2. The minimum absolute atomic E-state index is 0.145. The van der Waals surface area contributed by atoms with Gasteiger partial charge in [-0.05, 0) is 55.4 Å². The normalized spacial score (nSPS) is 11.2. The molecule has 0 atom stereocenters. The Labute approximate surface area is 154 Å². The highest BCUT2D eigenvalue weighted by atomic mass is 32.1. The van der Waals surface area contributed by atoms with Gasteiger partial charge in [-0.3, -0.25) is 0 Å². The molecule has 0 saturated carbocycles. The van der Waals surface area contributed by atoms with Gasteiger partial charge in [0, 0.05) is 0 Å². The van der Waals surface area contributed by atoms with Crippen LogP contribution in [0.1, 0.15) is 22.5 Å². The molecule has 1 heterocycles. The molecule has 1 N–H and O–H groups in total. The number of hydrogen-bond acceptors (Lipinski definition) is 4. The highest BCUT2D eigenvalue weighted by Gasteiger charge is 2.08. The van der Waals surface area contributed by atoms with Gasteiger partial charge in [0.2, 0.25) is 4.77 Å². The third-order valence-corrected chi connectivity index (χ3v) is 3.93. The van der Waals surface area contributed by atoms with E-state index in [1.807, 2.05) is 32.0 Å². The maximum Gasteiger partial charge on any atom is 0.216 e. The van der Waals surface area contributed by atoms with Crippen molar-refractivity contribution in [1.82, 2.24) is 14.9 Å². The summed E-state index contributed by atoms with van der Waals surface area (Å²) in [6.45, 7) is 4.11. The molecule has 2 aromatic carbocycles. The molecule has 0 bridgehead atoms. The van der Waals surface area contributed by atoms with Crippen LogP contribution in [0.15, 0.2) is 41.5 Å². The summed E-state index contributed by atoms with van der Waals surface area (Å²) in [5.41, 5.74) is 2.55. The van der Waals surface area contributed by atoms with Crippen LogP contribution in [0.4, 0.5) is 8.78 Å². The van der Waals surface area contributed by atoms with E-state index in [0.29, 0.717) is 11.4 Å². The summed E-state index contributed by atoms with van der Waals surface area (Å²) < 4.78 is 33.7. The van der Waals surface area contributed by atoms with Crippen LogP contribution < -0.4 is 4.74 Å². The van der Waals surface area contributed by atoms with Crippen LogP contribution in [0.3, 0.4) is 0 Å². The van der Waals surface area contributed by atoms with E-state index < -0.39 is 11.6 Å². The lowest BCUT2D eigenvalue weighted by Gasteiger charge is -2.09. The fourth-order valence-corrected chi connectivity index (χ4v) is 2.56. The molecule has 0 unspecified atom stereocenters. The van der Waals surface area contributed by atoms with Crippen LogP contribution in [0, 0.1) is 30.3 Å². The average Bonchev–Trinajstić information content (AvgIpc) is 2.95. The lowest BCUT2D eigenvalue weighted by atomic mass is 10.1. The third-order valence-electron chi connectivity index (χ3n) is 3.67. The highest BCUT2D eigenvalue weighted by Crippen LogP contribution is 2.19. The molecule has 8 heteroatoms. The van der Waals surface area contributed by atoms with E-state index in [1.54, 1.807) is 0 Å². The number of aromatic nitrogens is 3. The van der Waals surface area contributed by atoms with Gasteiger partial charge in [-0.25, -0.2) is 13.9 Å². The number of nitrogens with one attached hydrogen (secondary N) is 1. The van der Waals surface area contributed by atoms with Gasteiger partial charge in [0.15, 0.2) is 17.5 Å². The number of nitrogens with zero attached hydrogens (tertiary/aromatic N) is 3. The maximum absolute atomic E-state index is 13.3. The predicted octanol–water partition coefficient (Wildman–Crippen LogP) is 4.30. The zero-order chi connectivity index (χ0) is 18.7. The SMILES string of the molecule is Cc1ccc(OCc2n[nH]c(=S)n2/N=C\c2ccc(F)c(F)c2)c(C)c1. The Hall–Kier alpha value is -2.87. The average molecular weight is 374 g/mol. The van der Waals surface area contributed by atoms with Gasteiger partial charge in [0.1, 0.15) is 12.4 Å². The molecule has 134 valence electrons. The van der Waals surface area contributed by atoms with E-state index in [4.69, 9.17) is 17.0 Å². The van der Waals surface area contributed by atoms with Crippen molar-refractivity contribution in [3.8, 4) is 5.75 Å². The smallest absolute Gasteiger partial charge is 0.216 e. The zero-order valence-electron chi connectivity index (χ0n) is 14.2. The lowest BCUT2D eigenvalue weighted by molar-refractivity contribution is 0.288. The van der Waals surface area contributed by atoms with Gasteiger partial charge in [-0.2, -0.15) is 14.9 Å². The summed E-state index contributed by atoms with van der Waals surface area (Å²) in [7, 11) is 0. The standard InChI is InChI=1S/C18H16F2N4OS/c1-11-3-6-16(12(2)7-11)25-10-17-22-23-18(26)24(17)21-9-13-4-5-14(19)15(20)8-13/h3-9H,10H2,1-2H3,(H,23,26)/b21-9-. The Kier molecular flexibility index (Phi) is 5.22. The first kappa shape index (κ1) is 17.9. The summed E-state index contributed by atoms with van der Waals surface area (Å²) in [5.74, 6) is -0.665. The van der Waals surface area contributed by atoms with E-state index in [0.717, 1.165) is 29.0 Å². The molecule has 0 spiro atoms. The van der Waals surface area contributed by atoms with E-state index in [1.165, 1.54) is 17.0 Å². The maximum atomic E-state index is 13.3. The molecule has 5 nitrogen and oxygen atoms in total. The number of benzene rings is 2. The largest absolute Gasteiger partial charge is 0.485 e. The van der Waals surface area contributed by atoms with Crippen LogP contribution in [-0.4, -0.2) is 21.1 Å². The number of hydrogen-bond donors (Lipinski definition) is 1. The van der Waals surface area contributed by atoms with Crippen molar-refractivity contribution in [2.75, 3.05) is 0 Å². The molecule has 0 fully saturated rings. The van der Waals surface area contributed by atoms with Crippen molar-refractivity contribution in [2.24, 2.45) is 5.10 Å². The summed E-state index contributed by atoms with van der Waals surface area (Å²) >= 11 is 5.15. The van der Waals surface area contributed by atoms with Crippen LogP contribution in [0.5, 0.6) is 5.75 Å². The van der Waals surface area contributed by atoms with Crippen molar-refractivity contribution in [2.45, 2.75) is 20.5 Å². The first-order valence-electron chi connectivity index (χ1n) is 7.80. The van der Waals surface area contributed by atoms with Crippen molar-refractivity contribution >= 4 is 18.4 Å². The van der Waals surface area contributed by atoms with Crippen LogP contribution in [-0.2, 0) is 6.61 Å². The fraction of sp³-hybridized carbons (Fsp3) is 0.167. The number of ether oxygens (including phenoxy) is 1. The first-order chi connectivity index (χ1) is 12.4. The second kappa shape index (κ2) is 7.57. The zero-order valence-corrected chi connectivity index (χ0v) is 15.0. The first-order valence-corrected chi connectivity index (χ1v) is 8.20. The monoisotopic (exact) mass is 374 g/mol. The molecule has 0 aliphatic heterocycles.